The van der Waals surface area contributed by atoms with E-state index in [-0.39, 0.29) is 6.04 Å². The van der Waals surface area contributed by atoms with Crippen LogP contribution in [-0.2, 0) is 6.42 Å². The largest absolute Gasteiger partial charge is 0.299 e. The summed E-state index contributed by atoms with van der Waals surface area (Å²) >= 11 is 0. The molecule has 0 bridgehead atoms. The van der Waals surface area contributed by atoms with Crippen LogP contribution in [0.5, 0.6) is 0 Å². The third kappa shape index (κ3) is 2.10. The topological polar surface area (TPSA) is 55.1 Å². The zero-order valence-electron chi connectivity index (χ0n) is 11.9. The van der Waals surface area contributed by atoms with E-state index in [9.17, 15) is 0 Å². The second-order valence-electron chi connectivity index (χ2n) is 5.51. The van der Waals surface area contributed by atoms with Gasteiger partial charge in [-0.2, -0.15) is 0 Å². The van der Waals surface area contributed by atoms with E-state index in [0.29, 0.717) is 6.04 Å². The van der Waals surface area contributed by atoms with Crippen molar-refractivity contribution in [3.05, 3.63) is 59.8 Å². The molecule has 2 atom stereocenters. The van der Waals surface area contributed by atoms with Crippen LogP contribution in [0.4, 0.5) is 0 Å². The molecule has 0 spiro atoms. The van der Waals surface area contributed by atoms with Gasteiger partial charge in [0.05, 0.1) is 17.8 Å². The van der Waals surface area contributed by atoms with Gasteiger partial charge in [-0.05, 0) is 43.5 Å². The zero-order valence-corrected chi connectivity index (χ0v) is 11.9. The third-order valence-corrected chi connectivity index (χ3v) is 4.14. The lowest BCUT2D eigenvalue weighted by Gasteiger charge is -2.18. The Morgan fingerprint density at radius 1 is 1.24 bits per heavy atom. The predicted octanol–water partition coefficient (Wildman–Crippen LogP) is 2.46. The van der Waals surface area contributed by atoms with Gasteiger partial charge in [-0.1, -0.05) is 12.1 Å². The lowest BCUT2D eigenvalue weighted by atomic mass is 10.2. The molecule has 21 heavy (non-hydrogen) atoms. The molecule has 3 heterocycles. The fourth-order valence-electron chi connectivity index (χ4n) is 3.11. The number of pyridine rings is 2. The highest BCUT2D eigenvalue weighted by molar-refractivity contribution is 5.37. The van der Waals surface area contributed by atoms with Crippen molar-refractivity contribution in [2.75, 3.05) is 0 Å². The summed E-state index contributed by atoms with van der Waals surface area (Å²) in [6.45, 7) is 2.13. The molecule has 1 aliphatic carbocycles. The first-order valence-corrected chi connectivity index (χ1v) is 7.32. The fourth-order valence-corrected chi connectivity index (χ4v) is 3.11. The van der Waals surface area contributed by atoms with Crippen LogP contribution in [0.1, 0.15) is 42.5 Å². The second-order valence-corrected chi connectivity index (χ2v) is 5.51. The molecule has 0 saturated heterocycles. The molecule has 4 rings (SSSR count). The molecule has 3 aromatic rings. The maximum atomic E-state index is 4.53. The minimum absolute atomic E-state index is 0.125. The number of aryl methyl sites for hydroxylation is 1. The molecule has 2 unspecified atom stereocenters. The minimum Gasteiger partial charge on any atom is -0.299 e. The number of hydrogen-bond acceptors (Lipinski definition) is 4. The van der Waals surface area contributed by atoms with Gasteiger partial charge in [-0.25, -0.2) is 0 Å². The van der Waals surface area contributed by atoms with Gasteiger partial charge in [0.1, 0.15) is 0 Å². The van der Waals surface area contributed by atoms with E-state index in [4.69, 9.17) is 0 Å². The summed E-state index contributed by atoms with van der Waals surface area (Å²) in [4.78, 5) is 4.53. The van der Waals surface area contributed by atoms with E-state index in [1.54, 1.807) is 0 Å². The van der Waals surface area contributed by atoms with E-state index in [0.717, 1.165) is 24.3 Å². The number of nitrogens with zero attached hydrogens (tertiary/aromatic N) is 4. The summed E-state index contributed by atoms with van der Waals surface area (Å²) in [5.41, 5.74) is 3.41. The number of hydrogen-bond donors (Lipinski definition) is 1. The van der Waals surface area contributed by atoms with Crippen LogP contribution < -0.4 is 5.32 Å². The quantitative estimate of drug-likeness (QED) is 0.800. The average molecular weight is 279 g/mol. The van der Waals surface area contributed by atoms with Crippen molar-refractivity contribution in [1.82, 2.24) is 24.9 Å². The highest BCUT2D eigenvalue weighted by Gasteiger charge is 2.26. The predicted molar refractivity (Wildman–Crippen MR) is 79.8 cm³/mol. The third-order valence-electron chi connectivity index (χ3n) is 4.14. The molecule has 3 aromatic heterocycles. The minimum atomic E-state index is 0.125. The van der Waals surface area contributed by atoms with E-state index < -0.39 is 0 Å². The number of fused-ring (bicyclic) bond motifs is 2. The molecule has 0 fully saturated rings. The first-order valence-electron chi connectivity index (χ1n) is 7.32. The maximum absolute atomic E-state index is 4.53. The first-order chi connectivity index (χ1) is 10.3. The monoisotopic (exact) mass is 279 g/mol. The molecular weight excluding hydrogens is 262 g/mol. The van der Waals surface area contributed by atoms with E-state index in [1.807, 2.05) is 41.1 Å². The van der Waals surface area contributed by atoms with E-state index in [1.165, 1.54) is 11.3 Å². The molecule has 0 aromatic carbocycles. The average Bonchev–Trinajstić information content (AvgIpc) is 3.12. The summed E-state index contributed by atoms with van der Waals surface area (Å²) in [6.07, 6.45) is 6.06. The SMILES string of the molecule is CC(NC1CCc2cccnc21)c1nnc2ccccn12. The Morgan fingerprint density at radius 2 is 2.19 bits per heavy atom. The molecule has 0 amide bonds. The van der Waals surface area contributed by atoms with Crippen molar-refractivity contribution in [1.29, 1.82) is 0 Å². The molecule has 0 aliphatic heterocycles. The Kier molecular flexibility index (Phi) is 2.93. The van der Waals surface area contributed by atoms with Gasteiger partial charge >= 0.3 is 0 Å². The van der Waals surface area contributed by atoms with Crippen molar-refractivity contribution in [2.24, 2.45) is 0 Å². The molecular formula is C16H17N5. The Morgan fingerprint density at radius 3 is 3.14 bits per heavy atom. The highest BCUT2D eigenvalue weighted by Crippen LogP contribution is 2.30. The Balaban J connectivity index is 1.61. The van der Waals surface area contributed by atoms with Gasteiger partial charge in [0.2, 0.25) is 0 Å². The first kappa shape index (κ1) is 12.5. The van der Waals surface area contributed by atoms with E-state index in [2.05, 4.69) is 33.5 Å². The van der Waals surface area contributed by atoms with Crippen LogP contribution in [-0.4, -0.2) is 19.6 Å². The summed E-state index contributed by atoms with van der Waals surface area (Å²) in [7, 11) is 0. The maximum Gasteiger partial charge on any atom is 0.160 e. The van der Waals surface area contributed by atoms with Gasteiger partial charge in [-0.15, -0.1) is 10.2 Å². The summed E-state index contributed by atoms with van der Waals surface area (Å²) in [5, 5.41) is 12.2. The zero-order chi connectivity index (χ0) is 14.2. The van der Waals surface area contributed by atoms with Gasteiger partial charge in [0.25, 0.3) is 0 Å². The van der Waals surface area contributed by atoms with Crippen LogP contribution in [0.2, 0.25) is 0 Å². The van der Waals surface area contributed by atoms with Crippen LogP contribution >= 0.6 is 0 Å². The molecule has 0 saturated carbocycles. The van der Waals surface area contributed by atoms with Gasteiger partial charge in [-0.3, -0.25) is 14.7 Å². The fraction of sp³-hybridized carbons (Fsp3) is 0.312. The Labute approximate surface area is 123 Å². The van der Waals surface area contributed by atoms with Crippen molar-refractivity contribution >= 4 is 5.65 Å². The number of aromatic nitrogens is 4. The molecule has 1 N–H and O–H groups in total. The molecule has 5 heteroatoms. The van der Waals surface area contributed by atoms with Gasteiger partial charge in [0.15, 0.2) is 11.5 Å². The highest BCUT2D eigenvalue weighted by atomic mass is 15.3. The van der Waals surface area contributed by atoms with Crippen LogP contribution in [0.25, 0.3) is 5.65 Å². The Bertz CT molecular complexity index is 779. The van der Waals surface area contributed by atoms with Crippen molar-refractivity contribution < 1.29 is 0 Å². The Hall–Kier alpha value is -2.27. The number of rotatable bonds is 3. The van der Waals surface area contributed by atoms with Crippen molar-refractivity contribution in [3.63, 3.8) is 0 Å². The van der Waals surface area contributed by atoms with Crippen LogP contribution in [0.3, 0.4) is 0 Å². The van der Waals surface area contributed by atoms with Crippen LogP contribution in [0.15, 0.2) is 42.7 Å². The summed E-state index contributed by atoms with van der Waals surface area (Å²) in [5.74, 6) is 0.940. The molecule has 1 aliphatic rings. The lowest BCUT2D eigenvalue weighted by Crippen LogP contribution is -2.25. The molecule has 5 nitrogen and oxygen atoms in total. The van der Waals surface area contributed by atoms with Gasteiger partial charge < -0.3 is 0 Å². The van der Waals surface area contributed by atoms with Gasteiger partial charge in [0, 0.05) is 12.4 Å². The summed E-state index contributed by atoms with van der Waals surface area (Å²) < 4.78 is 2.03. The van der Waals surface area contributed by atoms with Crippen molar-refractivity contribution in [3.8, 4) is 0 Å². The molecule has 106 valence electrons. The normalized spacial score (nSPS) is 18.8. The molecule has 0 radical (unpaired) electrons. The van der Waals surface area contributed by atoms with E-state index >= 15 is 0 Å². The van der Waals surface area contributed by atoms with Crippen molar-refractivity contribution in [2.45, 2.75) is 31.8 Å². The second kappa shape index (κ2) is 4.93. The smallest absolute Gasteiger partial charge is 0.160 e. The standard InChI is InChI=1S/C16H17N5/c1-11(16-20-19-14-6-2-3-10-21(14)16)18-13-8-7-12-5-4-9-17-15(12)13/h2-6,9-11,13,18H,7-8H2,1H3. The number of nitrogens with one attached hydrogen (secondary N) is 1. The summed E-state index contributed by atoms with van der Waals surface area (Å²) in [6, 6.07) is 10.5. The lowest BCUT2D eigenvalue weighted by molar-refractivity contribution is 0.442. The van der Waals surface area contributed by atoms with Crippen LogP contribution in [0, 0.1) is 0 Å².